The van der Waals surface area contributed by atoms with Gasteiger partial charge in [0, 0.05) is 12.8 Å². The highest BCUT2D eigenvalue weighted by molar-refractivity contribution is 5.90. The van der Waals surface area contributed by atoms with Crippen LogP contribution in [-0.2, 0) is 17.8 Å². The number of rotatable bonds is 6. The lowest BCUT2D eigenvalue weighted by Gasteiger charge is -2.24. The Bertz CT molecular complexity index is 749. The van der Waals surface area contributed by atoms with E-state index in [4.69, 9.17) is 5.73 Å². The van der Waals surface area contributed by atoms with Crippen LogP contribution in [0, 0.1) is 0 Å². The first-order valence-corrected chi connectivity index (χ1v) is 8.20. The molecule has 7 nitrogen and oxygen atoms in total. The minimum absolute atomic E-state index is 0.0525. The fourth-order valence-electron chi connectivity index (χ4n) is 3.09. The highest BCUT2D eigenvalue weighted by Crippen LogP contribution is 2.23. The van der Waals surface area contributed by atoms with Gasteiger partial charge in [-0.1, -0.05) is 35.5 Å². The van der Waals surface area contributed by atoms with Crippen LogP contribution in [0.15, 0.2) is 36.5 Å². The van der Waals surface area contributed by atoms with Crippen LogP contribution in [0.4, 0.5) is 4.39 Å². The van der Waals surface area contributed by atoms with Crippen LogP contribution >= 0.6 is 0 Å². The summed E-state index contributed by atoms with van der Waals surface area (Å²) in [6, 6.07) is 9.41. The lowest BCUT2D eigenvalue weighted by Crippen LogP contribution is -2.38. The second-order valence-corrected chi connectivity index (χ2v) is 6.21. The van der Waals surface area contributed by atoms with Crippen LogP contribution in [0.25, 0.3) is 0 Å². The maximum atomic E-state index is 13.9. The van der Waals surface area contributed by atoms with Gasteiger partial charge in [0.2, 0.25) is 5.91 Å². The summed E-state index contributed by atoms with van der Waals surface area (Å²) in [5.74, 6) is -0.749. The van der Waals surface area contributed by atoms with Gasteiger partial charge in [-0.2, -0.15) is 0 Å². The van der Waals surface area contributed by atoms with Gasteiger partial charge >= 0.3 is 0 Å². The molecule has 2 N–H and O–H groups in total. The fourth-order valence-corrected chi connectivity index (χ4v) is 3.09. The molecule has 0 aliphatic carbocycles. The van der Waals surface area contributed by atoms with Gasteiger partial charge in [0.1, 0.15) is 6.17 Å². The van der Waals surface area contributed by atoms with Crippen molar-refractivity contribution in [1.82, 2.24) is 19.9 Å². The van der Waals surface area contributed by atoms with E-state index in [1.54, 1.807) is 4.90 Å². The Morgan fingerprint density at radius 3 is 2.72 bits per heavy atom. The van der Waals surface area contributed by atoms with Gasteiger partial charge in [-0.05, 0) is 12.0 Å². The van der Waals surface area contributed by atoms with Crippen LogP contribution in [0.1, 0.15) is 28.9 Å². The average molecular weight is 345 g/mol. The minimum Gasteiger partial charge on any atom is -0.364 e. The normalized spacial score (nSPS) is 20.0. The number of nitrogens with zero attached hydrogens (tertiary/aromatic N) is 4. The standard InChI is InChI=1S/C17H20FN5O2/c18-13-8-14(10-22-11-15(17(19)25)20-21-22)23(9-13)16(24)7-6-12-4-2-1-3-5-12/h1-5,11,13-14H,6-10H2,(H2,19,25)/t13-,14-/m0/s1. The van der Waals surface area contributed by atoms with E-state index >= 15 is 0 Å². The lowest BCUT2D eigenvalue weighted by molar-refractivity contribution is -0.132. The van der Waals surface area contributed by atoms with Crippen LogP contribution in [-0.4, -0.2) is 50.5 Å². The molecule has 0 unspecified atom stereocenters. The summed E-state index contributed by atoms with van der Waals surface area (Å²) < 4.78 is 15.3. The molecule has 0 spiro atoms. The zero-order chi connectivity index (χ0) is 17.8. The van der Waals surface area contributed by atoms with E-state index in [1.165, 1.54) is 10.9 Å². The summed E-state index contributed by atoms with van der Waals surface area (Å²) in [6.07, 6.45) is 1.57. The Balaban J connectivity index is 1.62. The third-order valence-electron chi connectivity index (χ3n) is 4.34. The number of likely N-dealkylation sites (tertiary alicyclic amines) is 1. The molecule has 2 aromatic rings. The van der Waals surface area contributed by atoms with Crippen molar-refractivity contribution < 1.29 is 14.0 Å². The van der Waals surface area contributed by atoms with Crippen LogP contribution in [0.5, 0.6) is 0 Å². The van der Waals surface area contributed by atoms with Gasteiger partial charge in [0.05, 0.1) is 25.3 Å². The van der Waals surface area contributed by atoms with Crippen molar-refractivity contribution in [2.45, 2.75) is 38.0 Å². The van der Waals surface area contributed by atoms with Crippen molar-refractivity contribution in [3.05, 3.63) is 47.8 Å². The number of nitrogens with two attached hydrogens (primary N) is 1. The predicted molar refractivity (Wildman–Crippen MR) is 88.3 cm³/mol. The van der Waals surface area contributed by atoms with E-state index in [0.717, 1.165) is 5.56 Å². The molecule has 3 rings (SSSR count). The van der Waals surface area contributed by atoms with Gasteiger partial charge in [-0.25, -0.2) is 9.07 Å². The molecule has 1 aliphatic rings. The molecule has 0 bridgehead atoms. The lowest BCUT2D eigenvalue weighted by atomic mass is 10.1. The summed E-state index contributed by atoms with van der Waals surface area (Å²) in [4.78, 5) is 25.2. The molecule has 0 saturated carbocycles. The molecule has 1 aliphatic heterocycles. The number of carbonyl (C=O) groups excluding carboxylic acids is 2. The summed E-state index contributed by atoms with van der Waals surface area (Å²) in [5.41, 5.74) is 6.28. The zero-order valence-corrected chi connectivity index (χ0v) is 13.7. The van der Waals surface area contributed by atoms with Gasteiger partial charge in [0.25, 0.3) is 5.91 Å². The average Bonchev–Trinajstić information content (AvgIpc) is 3.21. The van der Waals surface area contributed by atoms with Gasteiger partial charge in [0.15, 0.2) is 5.69 Å². The number of aromatic nitrogens is 3. The molecule has 1 fully saturated rings. The number of hydrogen-bond acceptors (Lipinski definition) is 4. The fraction of sp³-hybridized carbons (Fsp3) is 0.412. The summed E-state index contributed by atoms with van der Waals surface area (Å²) >= 11 is 0. The van der Waals surface area contributed by atoms with E-state index in [2.05, 4.69) is 10.3 Å². The van der Waals surface area contributed by atoms with Gasteiger partial charge in [-0.15, -0.1) is 5.10 Å². The maximum Gasteiger partial charge on any atom is 0.270 e. The smallest absolute Gasteiger partial charge is 0.270 e. The molecular weight excluding hydrogens is 325 g/mol. The van der Waals surface area contributed by atoms with Crippen LogP contribution in [0.3, 0.4) is 0 Å². The summed E-state index contributed by atoms with van der Waals surface area (Å²) in [7, 11) is 0. The molecule has 132 valence electrons. The van der Waals surface area contributed by atoms with E-state index in [9.17, 15) is 14.0 Å². The van der Waals surface area contributed by atoms with Crippen molar-refractivity contribution in [3.63, 3.8) is 0 Å². The van der Waals surface area contributed by atoms with Crippen molar-refractivity contribution in [1.29, 1.82) is 0 Å². The van der Waals surface area contributed by atoms with Crippen LogP contribution < -0.4 is 5.73 Å². The van der Waals surface area contributed by atoms with Gasteiger partial charge in [-0.3, -0.25) is 9.59 Å². The Hall–Kier alpha value is -2.77. The molecule has 2 atom stereocenters. The van der Waals surface area contributed by atoms with E-state index in [1.807, 2.05) is 30.3 Å². The highest BCUT2D eigenvalue weighted by atomic mass is 19.1. The highest BCUT2D eigenvalue weighted by Gasteiger charge is 2.35. The monoisotopic (exact) mass is 345 g/mol. The molecule has 2 heterocycles. The number of aryl methyl sites for hydroxylation is 1. The summed E-state index contributed by atoms with van der Waals surface area (Å²) in [6.45, 7) is 0.382. The van der Waals surface area contributed by atoms with E-state index in [-0.39, 0.29) is 37.2 Å². The third-order valence-corrected chi connectivity index (χ3v) is 4.34. The maximum absolute atomic E-state index is 13.9. The molecule has 1 aromatic carbocycles. The summed E-state index contributed by atoms with van der Waals surface area (Å²) in [5, 5.41) is 7.48. The Labute approximate surface area is 144 Å². The molecule has 1 aromatic heterocycles. The zero-order valence-electron chi connectivity index (χ0n) is 13.7. The van der Waals surface area contributed by atoms with Crippen molar-refractivity contribution in [2.75, 3.05) is 6.54 Å². The van der Waals surface area contributed by atoms with Crippen molar-refractivity contribution in [3.8, 4) is 0 Å². The Kier molecular flexibility index (Phi) is 5.06. The van der Waals surface area contributed by atoms with Crippen LogP contribution in [0.2, 0.25) is 0 Å². The quantitative estimate of drug-likeness (QED) is 0.843. The molecular formula is C17H20FN5O2. The van der Waals surface area contributed by atoms with Gasteiger partial charge < -0.3 is 10.6 Å². The number of halogens is 1. The largest absolute Gasteiger partial charge is 0.364 e. The number of carbonyl (C=O) groups is 2. The molecule has 0 radical (unpaired) electrons. The Morgan fingerprint density at radius 1 is 1.28 bits per heavy atom. The van der Waals surface area contributed by atoms with Crippen molar-refractivity contribution in [2.24, 2.45) is 5.73 Å². The second-order valence-electron chi connectivity index (χ2n) is 6.21. The molecule has 2 amide bonds. The predicted octanol–water partition coefficient (Wildman–Crippen LogP) is 0.949. The first kappa shape index (κ1) is 17.1. The minimum atomic E-state index is -1.05. The van der Waals surface area contributed by atoms with E-state index in [0.29, 0.717) is 12.8 Å². The SMILES string of the molecule is NC(=O)c1cn(C[C@@H]2C[C@H](F)CN2C(=O)CCc2ccccc2)nn1. The number of benzene rings is 1. The second kappa shape index (κ2) is 7.42. The van der Waals surface area contributed by atoms with E-state index < -0.39 is 12.1 Å². The first-order chi connectivity index (χ1) is 12.0. The molecule has 25 heavy (non-hydrogen) atoms. The van der Waals surface area contributed by atoms with Crippen molar-refractivity contribution >= 4 is 11.8 Å². The number of hydrogen-bond donors (Lipinski definition) is 1. The first-order valence-electron chi connectivity index (χ1n) is 8.20. The Morgan fingerprint density at radius 2 is 2.04 bits per heavy atom. The number of alkyl halides is 1. The third kappa shape index (κ3) is 4.20. The molecule has 8 heteroatoms. The molecule has 1 saturated heterocycles. The number of amides is 2. The topological polar surface area (TPSA) is 94.1 Å². The number of primary amides is 1.